The van der Waals surface area contributed by atoms with Crippen molar-refractivity contribution in [1.29, 1.82) is 0 Å². The largest absolute Gasteiger partial charge is 0.483 e. The number of halogens is 1. The van der Waals surface area contributed by atoms with E-state index in [1.54, 1.807) is 29.1 Å². The van der Waals surface area contributed by atoms with Gasteiger partial charge in [-0.2, -0.15) is 0 Å². The topological polar surface area (TPSA) is 59.5 Å². The molecule has 1 saturated carbocycles. The lowest BCUT2D eigenvalue weighted by molar-refractivity contribution is -0.136. The standard InChI is InChI=1S/C25H25ClN2O3S/c1-14-10-20-18(11-19(14)26)23(29)21-22(16-5-7-17(32-2)8-6-16)28(25(30)24(21)31-20)13-15-4-3-9-27-12-15/h3-9,12,14,18-20,22H,10-11,13H2,1-2H3. The number of hydrogen-bond donors (Lipinski definition) is 0. The van der Waals surface area contributed by atoms with E-state index in [1.165, 1.54) is 0 Å². The quantitative estimate of drug-likeness (QED) is 0.478. The molecule has 5 rings (SSSR count). The Morgan fingerprint density at radius 2 is 1.97 bits per heavy atom. The summed E-state index contributed by atoms with van der Waals surface area (Å²) in [6.07, 6.45) is 6.46. The third-order valence-electron chi connectivity index (χ3n) is 6.81. The smallest absolute Gasteiger partial charge is 0.290 e. The maximum atomic E-state index is 13.8. The number of Topliss-reactive ketones (excluding diaryl/α,β-unsaturated/α-hetero) is 1. The number of rotatable bonds is 4. The lowest BCUT2D eigenvalue weighted by Gasteiger charge is -2.40. The van der Waals surface area contributed by atoms with Crippen LogP contribution in [0.25, 0.3) is 0 Å². The SMILES string of the molecule is CSc1ccc(C2C3=C(OC4CC(C)C(Cl)CC4C3=O)C(=O)N2Cc2cccnc2)cc1. The van der Waals surface area contributed by atoms with Crippen LogP contribution in [0.5, 0.6) is 0 Å². The molecule has 2 aliphatic heterocycles. The van der Waals surface area contributed by atoms with E-state index in [-0.39, 0.29) is 40.8 Å². The third kappa shape index (κ3) is 3.63. The second-order valence-corrected chi connectivity index (χ2v) is 10.2. The molecule has 5 unspecified atom stereocenters. The molecule has 166 valence electrons. The Morgan fingerprint density at radius 1 is 1.19 bits per heavy atom. The third-order valence-corrected chi connectivity index (χ3v) is 8.16. The summed E-state index contributed by atoms with van der Waals surface area (Å²) in [4.78, 5) is 34.4. The van der Waals surface area contributed by atoms with Gasteiger partial charge < -0.3 is 9.64 Å². The summed E-state index contributed by atoms with van der Waals surface area (Å²) in [7, 11) is 0. The Kier molecular flexibility index (Phi) is 5.76. The molecule has 5 nitrogen and oxygen atoms in total. The molecule has 1 aliphatic carbocycles. The van der Waals surface area contributed by atoms with Crippen LogP contribution in [0.15, 0.2) is 65.0 Å². The fourth-order valence-electron chi connectivity index (χ4n) is 5.05. The van der Waals surface area contributed by atoms with Crippen molar-refractivity contribution in [3.05, 3.63) is 71.3 Å². The highest BCUT2D eigenvalue weighted by Crippen LogP contribution is 2.48. The van der Waals surface area contributed by atoms with E-state index in [4.69, 9.17) is 16.3 Å². The van der Waals surface area contributed by atoms with Gasteiger partial charge in [-0.05, 0) is 54.3 Å². The van der Waals surface area contributed by atoms with E-state index in [2.05, 4.69) is 11.9 Å². The zero-order valence-electron chi connectivity index (χ0n) is 18.0. The minimum absolute atomic E-state index is 0.00906. The maximum Gasteiger partial charge on any atom is 0.290 e. The van der Waals surface area contributed by atoms with Crippen molar-refractivity contribution in [3.63, 3.8) is 0 Å². The molecule has 1 fully saturated rings. The number of aromatic nitrogens is 1. The molecule has 0 spiro atoms. The number of benzene rings is 1. The number of fused-ring (bicyclic) bond motifs is 1. The van der Waals surface area contributed by atoms with Gasteiger partial charge in [-0.25, -0.2) is 0 Å². The predicted octanol–water partition coefficient (Wildman–Crippen LogP) is 4.76. The van der Waals surface area contributed by atoms with Gasteiger partial charge >= 0.3 is 0 Å². The van der Waals surface area contributed by atoms with E-state index in [9.17, 15) is 9.59 Å². The molecular formula is C25H25ClN2O3S. The Morgan fingerprint density at radius 3 is 2.66 bits per heavy atom. The van der Waals surface area contributed by atoms with Crippen LogP contribution < -0.4 is 0 Å². The fourth-order valence-corrected chi connectivity index (χ4v) is 5.75. The molecular weight excluding hydrogens is 444 g/mol. The molecule has 0 N–H and O–H groups in total. The molecule has 5 atom stereocenters. The number of hydrogen-bond acceptors (Lipinski definition) is 5. The summed E-state index contributed by atoms with van der Waals surface area (Å²) >= 11 is 8.19. The van der Waals surface area contributed by atoms with Crippen LogP contribution in [0.4, 0.5) is 0 Å². The summed E-state index contributed by atoms with van der Waals surface area (Å²) in [6.45, 7) is 2.43. The molecule has 0 bridgehead atoms. The van der Waals surface area contributed by atoms with Crippen molar-refractivity contribution in [2.75, 3.05) is 6.26 Å². The van der Waals surface area contributed by atoms with Crippen LogP contribution in [0, 0.1) is 11.8 Å². The number of pyridine rings is 1. The highest BCUT2D eigenvalue weighted by Gasteiger charge is 2.53. The highest BCUT2D eigenvalue weighted by molar-refractivity contribution is 7.98. The van der Waals surface area contributed by atoms with Gasteiger partial charge in [-0.1, -0.05) is 25.1 Å². The molecule has 1 amide bonds. The second-order valence-electron chi connectivity index (χ2n) is 8.80. The van der Waals surface area contributed by atoms with Gasteiger partial charge in [0.15, 0.2) is 11.5 Å². The number of carbonyl (C=O) groups excluding carboxylic acids is 2. The lowest BCUT2D eigenvalue weighted by atomic mass is 9.74. The normalized spacial score (nSPS) is 29.6. The number of alkyl halides is 1. The molecule has 0 radical (unpaired) electrons. The van der Waals surface area contributed by atoms with Crippen molar-refractivity contribution in [2.45, 2.75) is 48.7 Å². The molecule has 1 aromatic carbocycles. The second kappa shape index (κ2) is 8.56. The van der Waals surface area contributed by atoms with E-state index in [0.717, 1.165) is 16.0 Å². The van der Waals surface area contributed by atoms with Crippen molar-refractivity contribution in [2.24, 2.45) is 11.8 Å². The molecule has 7 heteroatoms. The first-order chi connectivity index (χ1) is 15.5. The van der Waals surface area contributed by atoms with Gasteiger partial charge in [0, 0.05) is 29.2 Å². The molecule has 2 aromatic rings. The average Bonchev–Trinajstić information content (AvgIpc) is 3.08. The van der Waals surface area contributed by atoms with Crippen molar-refractivity contribution < 1.29 is 14.3 Å². The number of ketones is 1. The number of carbonyl (C=O) groups is 2. The fraction of sp³-hybridized carbons (Fsp3) is 0.400. The van der Waals surface area contributed by atoms with Crippen LogP contribution in [0.1, 0.15) is 36.9 Å². The predicted molar refractivity (Wildman–Crippen MR) is 124 cm³/mol. The molecule has 0 saturated heterocycles. The Bertz CT molecular complexity index is 1070. The van der Waals surface area contributed by atoms with Gasteiger partial charge in [0.05, 0.1) is 17.5 Å². The first-order valence-corrected chi connectivity index (χ1v) is 12.6. The summed E-state index contributed by atoms with van der Waals surface area (Å²) < 4.78 is 6.27. The van der Waals surface area contributed by atoms with Crippen molar-refractivity contribution >= 4 is 35.1 Å². The zero-order valence-corrected chi connectivity index (χ0v) is 19.6. The van der Waals surface area contributed by atoms with Crippen molar-refractivity contribution in [3.8, 4) is 0 Å². The number of thioether (sulfide) groups is 1. The first-order valence-electron chi connectivity index (χ1n) is 10.9. The number of amides is 1. The Hall–Kier alpha value is -2.31. The molecule has 32 heavy (non-hydrogen) atoms. The summed E-state index contributed by atoms with van der Waals surface area (Å²) in [5.74, 6) is -0.0540. The Labute approximate surface area is 197 Å². The van der Waals surface area contributed by atoms with Gasteiger partial charge in [0.25, 0.3) is 5.91 Å². The van der Waals surface area contributed by atoms with E-state index in [0.29, 0.717) is 25.0 Å². The number of nitrogens with zero attached hydrogens (tertiary/aromatic N) is 2. The van der Waals surface area contributed by atoms with E-state index < -0.39 is 6.04 Å². The van der Waals surface area contributed by atoms with E-state index >= 15 is 0 Å². The first kappa shape index (κ1) is 21.5. The van der Waals surface area contributed by atoms with E-state index in [1.807, 2.05) is 42.7 Å². The highest BCUT2D eigenvalue weighted by atomic mass is 35.5. The van der Waals surface area contributed by atoms with Crippen LogP contribution in [0.2, 0.25) is 0 Å². The molecule has 3 aliphatic rings. The van der Waals surface area contributed by atoms with Crippen LogP contribution in [-0.4, -0.2) is 39.3 Å². The van der Waals surface area contributed by atoms with Crippen LogP contribution >= 0.6 is 23.4 Å². The monoisotopic (exact) mass is 468 g/mol. The van der Waals surface area contributed by atoms with Gasteiger partial charge in [-0.3, -0.25) is 14.6 Å². The molecule has 1 aromatic heterocycles. The van der Waals surface area contributed by atoms with Crippen LogP contribution in [-0.2, 0) is 20.9 Å². The lowest BCUT2D eigenvalue weighted by Crippen LogP contribution is -2.44. The van der Waals surface area contributed by atoms with Crippen molar-refractivity contribution in [1.82, 2.24) is 9.88 Å². The van der Waals surface area contributed by atoms with Gasteiger partial charge in [0.1, 0.15) is 6.10 Å². The van der Waals surface area contributed by atoms with Gasteiger partial charge in [0.2, 0.25) is 0 Å². The maximum absolute atomic E-state index is 13.8. The Balaban J connectivity index is 1.57. The van der Waals surface area contributed by atoms with Gasteiger partial charge in [-0.15, -0.1) is 23.4 Å². The van der Waals surface area contributed by atoms with Crippen LogP contribution in [0.3, 0.4) is 0 Å². The minimum Gasteiger partial charge on any atom is -0.483 e. The summed E-state index contributed by atoms with van der Waals surface area (Å²) in [5.41, 5.74) is 2.30. The molecule has 3 heterocycles. The zero-order chi connectivity index (χ0) is 22.4. The summed E-state index contributed by atoms with van der Waals surface area (Å²) in [6, 6.07) is 11.4. The average molecular weight is 469 g/mol. The summed E-state index contributed by atoms with van der Waals surface area (Å²) in [5, 5.41) is -0.0612. The number of ether oxygens (including phenoxy) is 1. The minimum atomic E-state index is -0.477.